The van der Waals surface area contributed by atoms with Crippen LogP contribution in [0.1, 0.15) is 26.3 Å². The summed E-state index contributed by atoms with van der Waals surface area (Å²) in [7, 11) is 0. The Hall–Kier alpha value is -4.93. The van der Waals surface area contributed by atoms with Gasteiger partial charge >= 0.3 is 21.1 Å². The average Bonchev–Trinajstić information content (AvgIpc) is 3.73. The summed E-state index contributed by atoms with van der Waals surface area (Å²) in [6.45, 7) is 6.65. The predicted octanol–water partition coefficient (Wildman–Crippen LogP) is 8.97. The minimum Gasteiger partial charge on any atom is -0.509 e. The summed E-state index contributed by atoms with van der Waals surface area (Å²) in [6.07, 6.45) is 7.73. The second-order valence-electron chi connectivity index (χ2n) is 11.9. The van der Waals surface area contributed by atoms with Crippen LogP contribution >= 0.6 is 0 Å². The van der Waals surface area contributed by atoms with Gasteiger partial charge in [-0.1, -0.05) is 80.5 Å². The second kappa shape index (κ2) is 11.2. The molecule has 0 saturated carbocycles. The molecule has 0 bridgehead atoms. The molecule has 0 aliphatic carbocycles. The molecular weight excluding hydrogens is 738 g/mol. The number of ether oxygens (including phenoxy) is 1. The third-order valence-corrected chi connectivity index (χ3v) is 8.03. The largest absolute Gasteiger partial charge is 2.00 e. The Kier molecular flexibility index (Phi) is 7.18. The van der Waals surface area contributed by atoms with Gasteiger partial charge in [-0.05, 0) is 34.6 Å². The number of nitrogens with zero attached hydrogens (tertiary/aromatic N) is 5. The number of imidazole rings is 2. The van der Waals surface area contributed by atoms with Crippen molar-refractivity contribution in [1.82, 2.24) is 23.5 Å². The number of aromatic nitrogens is 5. The smallest absolute Gasteiger partial charge is 0.509 e. The summed E-state index contributed by atoms with van der Waals surface area (Å²) in [6, 6.07) is 40.0. The monoisotopic (exact) mass is 766 g/mol. The van der Waals surface area contributed by atoms with Gasteiger partial charge in [0.1, 0.15) is 5.82 Å². The van der Waals surface area contributed by atoms with E-state index < -0.39 is 0 Å². The molecule has 0 aliphatic heterocycles. The zero-order valence-electron chi connectivity index (χ0n) is 25.0. The molecule has 7 heteroatoms. The molecule has 0 N–H and O–H groups in total. The first-order valence-corrected chi connectivity index (χ1v) is 14.7. The summed E-state index contributed by atoms with van der Waals surface area (Å²) in [5, 5.41) is 2.24. The summed E-state index contributed by atoms with van der Waals surface area (Å²) >= 11 is 0. The van der Waals surface area contributed by atoms with Crippen molar-refractivity contribution in [3.05, 3.63) is 140 Å². The molecule has 4 aromatic carbocycles. The van der Waals surface area contributed by atoms with E-state index in [2.05, 4.69) is 108 Å². The zero-order chi connectivity index (χ0) is 29.8. The van der Waals surface area contributed by atoms with E-state index >= 15 is 0 Å². The van der Waals surface area contributed by atoms with E-state index in [0.29, 0.717) is 11.5 Å². The van der Waals surface area contributed by atoms with Gasteiger partial charge in [0.05, 0.1) is 5.69 Å². The number of rotatable bonds is 5. The molecule has 0 radical (unpaired) electrons. The maximum Gasteiger partial charge on any atom is 2.00 e. The van der Waals surface area contributed by atoms with Crippen molar-refractivity contribution in [3.8, 4) is 34.3 Å². The molecule has 8 aromatic rings. The Labute approximate surface area is 275 Å². The van der Waals surface area contributed by atoms with E-state index in [9.17, 15) is 0 Å². The minimum absolute atomic E-state index is 0. The van der Waals surface area contributed by atoms with Crippen molar-refractivity contribution in [2.24, 2.45) is 0 Å². The van der Waals surface area contributed by atoms with E-state index in [-0.39, 0.29) is 26.5 Å². The fourth-order valence-electron chi connectivity index (χ4n) is 5.85. The van der Waals surface area contributed by atoms with Crippen LogP contribution in [0.3, 0.4) is 0 Å². The van der Waals surface area contributed by atoms with Crippen LogP contribution in [0, 0.1) is 12.1 Å². The molecule has 0 fully saturated rings. The van der Waals surface area contributed by atoms with Crippen molar-refractivity contribution in [2.45, 2.75) is 26.2 Å². The minimum atomic E-state index is -0.00263. The molecule has 0 amide bonds. The molecule has 6 nitrogen and oxygen atoms in total. The Morgan fingerprint density at radius 1 is 0.711 bits per heavy atom. The van der Waals surface area contributed by atoms with Crippen molar-refractivity contribution in [1.29, 1.82) is 0 Å². The van der Waals surface area contributed by atoms with Gasteiger partial charge in [0.2, 0.25) is 5.78 Å². The van der Waals surface area contributed by atoms with Gasteiger partial charge in [-0.2, -0.15) is 12.1 Å². The van der Waals surface area contributed by atoms with Crippen LogP contribution in [0.2, 0.25) is 0 Å². The first-order valence-electron chi connectivity index (χ1n) is 14.7. The number of para-hydroxylation sites is 1. The molecule has 4 heterocycles. The molecule has 0 unspecified atom stereocenters. The summed E-state index contributed by atoms with van der Waals surface area (Å²) in [4.78, 5) is 9.41. The van der Waals surface area contributed by atoms with Crippen molar-refractivity contribution < 1.29 is 25.8 Å². The fourth-order valence-corrected chi connectivity index (χ4v) is 5.85. The maximum absolute atomic E-state index is 6.44. The molecule has 0 spiro atoms. The van der Waals surface area contributed by atoms with Crippen molar-refractivity contribution in [2.75, 3.05) is 0 Å². The van der Waals surface area contributed by atoms with Crippen LogP contribution in [0.4, 0.5) is 0 Å². The SMILES string of the molecule is CC(C)(C)c1ccnc(-n2c3[c-]c(Oc4[c-]c(-n5c(-c6ccccc6)cn6ccnc56)ccc4)ccc3c3ccccc32)c1.[Pt+2]. The van der Waals surface area contributed by atoms with Crippen LogP contribution in [0.5, 0.6) is 11.5 Å². The first-order chi connectivity index (χ1) is 21.4. The van der Waals surface area contributed by atoms with E-state index in [1.54, 1.807) is 6.20 Å². The van der Waals surface area contributed by atoms with Gasteiger partial charge < -0.3 is 13.9 Å². The van der Waals surface area contributed by atoms with Crippen LogP contribution in [-0.4, -0.2) is 23.5 Å². The van der Waals surface area contributed by atoms with Gasteiger partial charge in [-0.3, -0.25) is 4.40 Å². The topological polar surface area (TPSA) is 49.3 Å². The normalized spacial score (nSPS) is 11.7. The molecule has 0 atom stereocenters. The molecule has 222 valence electrons. The van der Waals surface area contributed by atoms with E-state index in [1.807, 2.05) is 59.3 Å². The van der Waals surface area contributed by atoms with Crippen LogP contribution in [-0.2, 0) is 26.5 Å². The molecular formula is C38H29N5OPt. The Bertz CT molecular complexity index is 2310. The third kappa shape index (κ3) is 5.05. The summed E-state index contributed by atoms with van der Waals surface area (Å²) in [5.41, 5.74) is 6.15. The molecule has 45 heavy (non-hydrogen) atoms. The third-order valence-electron chi connectivity index (χ3n) is 8.03. The molecule has 0 aliphatic rings. The number of fused-ring (bicyclic) bond motifs is 4. The number of pyridine rings is 1. The maximum atomic E-state index is 6.44. The Morgan fingerprint density at radius 2 is 1.51 bits per heavy atom. The summed E-state index contributed by atoms with van der Waals surface area (Å²) in [5.74, 6) is 2.85. The molecule has 0 saturated heterocycles. The number of hydrogen-bond donors (Lipinski definition) is 0. The number of hydrogen-bond acceptors (Lipinski definition) is 3. The predicted molar refractivity (Wildman–Crippen MR) is 175 cm³/mol. The quantitative estimate of drug-likeness (QED) is 0.165. The van der Waals surface area contributed by atoms with Gasteiger partial charge in [0.15, 0.2) is 0 Å². The zero-order valence-corrected chi connectivity index (χ0v) is 27.3. The van der Waals surface area contributed by atoms with Gasteiger partial charge in [0.25, 0.3) is 0 Å². The van der Waals surface area contributed by atoms with Crippen LogP contribution in [0.25, 0.3) is 50.3 Å². The molecule has 8 rings (SSSR count). The first kappa shape index (κ1) is 28.8. The second-order valence-corrected chi connectivity index (χ2v) is 11.9. The number of benzene rings is 4. The van der Waals surface area contributed by atoms with E-state index in [4.69, 9.17) is 9.72 Å². The van der Waals surface area contributed by atoms with Crippen molar-refractivity contribution >= 4 is 27.6 Å². The van der Waals surface area contributed by atoms with Gasteiger partial charge in [-0.25, -0.2) is 9.97 Å². The van der Waals surface area contributed by atoms with Gasteiger partial charge in [0, 0.05) is 47.4 Å². The van der Waals surface area contributed by atoms with E-state index in [0.717, 1.165) is 50.3 Å². The average molecular weight is 767 g/mol. The Morgan fingerprint density at radius 3 is 2.36 bits per heavy atom. The standard InChI is InChI=1S/C38H29N5O.Pt/c1-38(2,3)27-18-19-39-36(22-27)43-33-15-8-7-14-31(33)32-17-16-30(24-34(32)43)44-29-13-9-12-28(23-29)42-35(26-10-5-4-6-11-26)25-41-21-20-40-37(41)42;/h4-22,25H,1-3H3;/q-2;+2. The van der Waals surface area contributed by atoms with Crippen LogP contribution < -0.4 is 4.74 Å². The van der Waals surface area contributed by atoms with Crippen molar-refractivity contribution in [3.63, 3.8) is 0 Å². The summed E-state index contributed by atoms with van der Waals surface area (Å²) < 4.78 is 12.7. The fraction of sp³-hybridized carbons (Fsp3) is 0.105. The molecule has 4 aromatic heterocycles. The van der Waals surface area contributed by atoms with E-state index in [1.165, 1.54) is 5.56 Å². The van der Waals surface area contributed by atoms with Crippen LogP contribution in [0.15, 0.2) is 122 Å². The van der Waals surface area contributed by atoms with Gasteiger partial charge in [-0.15, -0.1) is 35.7 Å². The Balaban J connectivity index is 0.00000325.